The van der Waals surface area contributed by atoms with Gasteiger partial charge in [-0.15, -0.1) is 11.3 Å². The van der Waals surface area contributed by atoms with Crippen LogP contribution in [0, 0.1) is 0 Å². The summed E-state index contributed by atoms with van der Waals surface area (Å²) in [6.45, 7) is 3.47. The molecule has 1 N–H and O–H groups in total. The fourth-order valence-corrected chi connectivity index (χ4v) is 4.60. The van der Waals surface area contributed by atoms with Gasteiger partial charge in [0.05, 0.1) is 24.0 Å². The quantitative estimate of drug-likeness (QED) is 0.841. The van der Waals surface area contributed by atoms with E-state index in [0.29, 0.717) is 47.5 Å². The highest BCUT2D eigenvalue weighted by Crippen LogP contribution is 2.42. The average molecular weight is 364 g/mol. The Morgan fingerprint density at radius 3 is 2.80 bits per heavy atom. The highest BCUT2D eigenvalue weighted by Gasteiger charge is 2.35. The number of fused-ring (bicyclic) bond motifs is 3. The van der Waals surface area contributed by atoms with Gasteiger partial charge in [0.15, 0.2) is 5.78 Å². The largest absolute Gasteiger partial charge is 0.481 e. The fraction of sp³-hybridized carbons (Fsp3) is 0.529. The number of aryl methyl sites for hydroxylation is 1. The molecule has 0 fully saturated rings. The second-order valence-electron chi connectivity index (χ2n) is 6.28. The number of nitrogens with zero attached hydrogens (tertiary/aromatic N) is 2. The van der Waals surface area contributed by atoms with Crippen LogP contribution in [0.2, 0.25) is 0 Å². The van der Waals surface area contributed by atoms with Crippen LogP contribution in [-0.2, 0) is 27.2 Å². The van der Waals surface area contributed by atoms with Crippen molar-refractivity contribution in [1.29, 1.82) is 0 Å². The van der Waals surface area contributed by atoms with Crippen molar-refractivity contribution in [3.05, 3.63) is 26.6 Å². The van der Waals surface area contributed by atoms with Gasteiger partial charge in [-0.2, -0.15) is 0 Å². The van der Waals surface area contributed by atoms with Gasteiger partial charge in [-0.25, -0.2) is 4.98 Å². The third kappa shape index (κ3) is 2.89. The van der Waals surface area contributed by atoms with Crippen molar-refractivity contribution in [2.75, 3.05) is 13.7 Å². The minimum Gasteiger partial charge on any atom is -0.481 e. The third-order valence-corrected chi connectivity index (χ3v) is 5.92. The van der Waals surface area contributed by atoms with E-state index >= 15 is 0 Å². The normalized spacial score (nSPS) is 17.6. The lowest BCUT2D eigenvalue weighted by Gasteiger charge is -2.17. The van der Waals surface area contributed by atoms with Gasteiger partial charge in [0, 0.05) is 18.4 Å². The molecule has 25 heavy (non-hydrogen) atoms. The number of hydrogen-bond acceptors (Lipinski definition) is 6. The van der Waals surface area contributed by atoms with Crippen LogP contribution >= 0.6 is 11.3 Å². The Kier molecular flexibility index (Phi) is 4.75. The lowest BCUT2D eigenvalue weighted by Crippen LogP contribution is -2.32. The second-order valence-corrected chi connectivity index (χ2v) is 7.36. The molecule has 1 aliphatic carbocycles. The summed E-state index contributed by atoms with van der Waals surface area (Å²) in [5.41, 5.74) is 0.261. The van der Waals surface area contributed by atoms with E-state index in [1.807, 2.05) is 0 Å². The molecule has 2 unspecified atom stereocenters. The molecule has 1 aliphatic rings. The summed E-state index contributed by atoms with van der Waals surface area (Å²) in [6, 6.07) is -0.656. The van der Waals surface area contributed by atoms with Crippen LogP contribution < -0.4 is 5.56 Å². The van der Waals surface area contributed by atoms with Crippen LogP contribution in [0.5, 0.6) is 0 Å². The number of carbonyl (C=O) groups is 2. The van der Waals surface area contributed by atoms with Gasteiger partial charge in [0.1, 0.15) is 10.7 Å². The number of rotatable bonds is 6. The molecule has 7 nitrogen and oxygen atoms in total. The van der Waals surface area contributed by atoms with Crippen LogP contribution in [0.4, 0.5) is 0 Å². The summed E-state index contributed by atoms with van der Waals surface area (Å²) >= 11 is 1.38. The minimum absolute atomic E-state index is 0.149. The number of thiophene rings is 1. The Labute approximate surface area is 148 Å². The first-order valence-electron chi connectivity index (χ1n) is 8.15. The molecule has 0 radical (unpaired) electrons. The number of ether oxygens (including phenoxy) is 1. The first-order chi connectivity index (χ1) is 11.9. The van der Waals surface area contributed by atoms with Crippen molar-refractivity contribution in [3.8, 4) is 0 Å². The molecule has 0 amide bonds. The van der Waals surface area contributed by atoms with Gasteiger partial charge in [0.25, 0.3) is 5.56 Å². The van der Waals surface area contributed by atoms with Crippen molar-refractivity contribution in [3.63, 3.8) is 0 Å². The first kappa shape index (κ1) is 17.8. The first-order valence-corrected chi connectivity index (χ1v) is 8.97. The number of hydrogen-bond donors (Lipinski definition) is 1. The van der Waals surface area contributed by atoms with Crippen LogP contribution in [0.25, 0.3) is 10.2 Å². The molecule has 0 saturated heterocycles. The van der Waals surface area contributed by atoms with E-state index in [4.69, 9.17) is 4.74 Å². The number of aliphatic carboxylic acids is 1. The maximum Gasteiger partial charge on any atom is 0.311 e. The van der Waals surface area contributed by atoms with Gasteiger partial charge in [-0.05, 0) is 32.3 Å². The Morgan fingerprint density at radius 2 is 2.20 bits per heavy atom. The minimum atomic E-state index is -0.924. The zero-order valence-electron chi connectivity index (χ0n) is 14.4. The third-order valence-electron chi connectivity index (χ3n) is 4.76. The van der Waals surface area contributed by atoms with Crippen molar-refractivity contribution < 1.29 is 19.4 Å². The Hall–Kier alpha value is -2.06. The number of Topliss-reactive ketones (excluding diaryl/α,β-unsaturated/α-hetero) is 1. The Bertz CT molecular complexity index is 914. The van der Waals surface area contributed by atoms with Crippen molar-refractivity contribution >= 4 is 33.3 Å². The van der Waals surface area contributed by atoms with E-state index in [2.05, 4.69) is 4.98 Å². The second kappa shape index (κ2) is 6.68. The van der Waals surface area contributed by atoms with E-state index in [-0.39, 0.29) is 11.3 Å². The predicted molar refractivity (Wildman–Crippen MR) is 93.5 cm³/mol. The van der Waals surface area contributed by atoms with Crippen molar-refractivity contribution in [1.82, 2.24) is 9.55 Å². The van der Waals surface area contributed by atoms with Crippen LogP contribution in [-0.4, -0.2) is 40.1 Å². The van der Waals surface area contributed by atoms with Crippen molar-refractivity contribution in [2.24, 2.45) is 0 Å². The molecule has 2 atom stereocenters. The molecule has 2 heterocycles. The molecule has 134 valence electrons. The smallest absolute Gasteiger partial charge is 0.311 e. The summed E-state index contributed by atoms with van der Waals surface area (Å²) < 4.78 is 6.48. The average Bonchev–Trinajstić information content (AvgIpc) is 3.10. The van der Waals surface area contributed by atoms with Crippen molar-refractivity contribution in [2.45, 2.75) is 45.1 Å². The standard InChI is InChI=1S/C17H20N2O5S/c1-8(9(2)20)19-12(6-7-24-3)18-15-14(16(19)21)13-10(17(22)23)4-5-11(13)25-15/h8,10H,4-7H2,1-3H3,(H,22,23). The van der Waals surface area contributed by atoms with Crippen LogP contribution in [0.1, 0.15) is 48.5 Å². The predicted octanol–water partition coefficient (Wildman–Crippen LogP) is 1.91. The van der Waals surface area contributed by atoms with Gasteiger partial charge in [-0.3, -0.25) is 19.0 Å². The molecule has 0 spiro atoms. The van der Waals surface area contributed by atoms with Gasteiger partial charge >= 0.3 is 5.97 Å². The number of carbonyl (C=O) groups excluding carboxylic acids is 1. The SMILES string of the molecule is COCCc1nc2sc3c(c2c(=O)n1C(C)C(C)=O)C(C(=O)O)CC3. The number of carboxylic acid groups (broad SMARTS) is 1. The summed E-state index contributed by atoms with van der Waals surface area (Å²) in [5.74, 6) is -1.26. The molecule has 0 saturated carbocycles. The number of aromatic nitrogens is 2. The van der Waals surface area contributed by atoms with Gasteiger partial charge < -0.3 is 9.84 Å². The summed E-state index contributed by atoms with van der Waals surface area (Å²) in [5, 5.41) is 9.83. The summed E-state index contributed by atoms with van der Waals surface area (Å²) in [4.78, 5) is 42.7. The fourth-order valence-electron chi connectivity index (χ4n) is 3.34. The molecule has 0 aliphatic heterocycles. The summed E-state index contributed by atoms with van der Waals surface area (Å²) in [6.07, 6.45) is 1.55. The topological polar surface area (TPSA) is 98.5 Å². The number of methoxy groups -OCH3 is 1. The maximum atomic E-state index is 13.2. The Morgan fingerprint density at radius 1 is 1.48 bits per heavy atom. The number of carboxylic acids is 1. The maximum absolute atomic E-state index is 13.2. The van der Waals surface area contributed by atoms with Crippen LogP contribution in [0.3, 0.4) is 0 Å². The molecule has 0 bridgehead atoms. The molecule has 8 heteroatoms. The van der Waals surface area contributed by atoms with E-state index in [1.165, 1.54) is 22.8 Å². The van der Waals surface area contributed by atoms with Crippen LogP contribution in [0.15, 0.2) is 4.79 Å². The van der Waals surface area contributed by atoms with Gasteiger partial charge in [-0.1, -0.05) is 0 Å². The molecular formula is C17H20N2O5S. The zero-order valence-corrected chi connectivity index (χ0v) is 15.2. The van der Waals surface area contributed by atoms with E-state index < -0.39 is 17.9 Å². The van der Waals surface area contributed by atoms with E-state index in [1.54, 1.807) is 14.0 Å². The Balaban J connectivity index is 2.29. The molecule has 0 aromatic carbocycles. The summed E-state index contributed by atoms with van der Waals surface area (Å²) in [7, 11) is 1.56. The molecule has 2 aromatic heterocycles. The lowest BCUT2D eigenvalue weighted by atomic mass is 10.0. The van der Waals surface area contributed by atoms with Gasteiger partial charge in [0.2, 0.25) is 0 Å². The highest BCUT2D eigenvalue weighted by atomic mass is 32.1. The molecular weight excluding hydrogens is 344 g/mol. The molecule has 2 aromatic rings. The zero-order chi connectivity index (χ0) is 18.3. The van der Waals surface area contributed by atoms with E-state index in [0.717, 1.165) is 4.88 Å². The lowest BCUT2D eigenvalue weighted by molar-refractivity contribution is -0.138. The highest BCUT2D eigenvalue weighted by molar-refractivity contribution is 7.18. The van der Waals surface area contributed by atoms with E-state index in [9.17, 15) is 19.5 Å². The monoisotopic (exact) mass is 364 g/mol. The molecule has 3 rings (SSSR count). The number of ketones is 1.